The van der Waals surface area contributed by atoms with E-state index in [1.165, 1.54) is 5.75 Å². The number of thioether (sulfide) groups is 1. The van der Waals surface area contributed by atoms with E-state index in [0.29, 0.717) is 5.84 Å². The Morgan fingerprint density at radius 2 is 1.87 bits per heavy atom. The van der Waals surface area contributed by atoms with Gasteiger partial charge in [0.05, 0.1) is 5.84 Å². The van der Waals surface area contributed by atoms with Crippen molar-refractivity contribution in [1.82, 2.24) is 0 Å². The highest BCUT2D eigenvalue weighted by Gasteiger charge is 2.20. The molecule has 0 saturated heterocycles. The van der Waals surface area contributed by atoms with Gasteiger partial charge in [-0.2, -0.15) is 11.8 Å². The maximum absolute atomic E-state index is 7.46. The molecule has 1 unspecified atom stereocenters. The number of hydrogen-bond donors (Lipinski definition) is 2. The third-order valence-electron chi connectivity index (χ3n) is 2.99. The van der Waals surface area contributed by atoms with Gasteiger partial charge in [-0.3, -0.25) is 5.41 Å². The van der Waals surface area contributed by atoms with E-state index in [4.69, 9.17) is 11.1 Å². The maximum Gasteiger partial charge on any atom is 0.0963 e. The fourth-order valence-electron chi connectivity index (χ4n) is 1.11. The highest BCUT2D eigenvalue weighted by atomic mass is 32.2. The zero-order valence-corrected chi connectivity index (χ0v) is 11.6. The van der Waals surface area contributed by atoms with Crippen molar-refractivity contribution < 1.29 is 0 Å². The first-order valence-corrected chi connectivity index (χ1v) is 6.78. The standard InChI is InChI=1S/C12H26N2S/c1-9(2)10(3)15-8-6-7-12(4,5)11(13)14/h9-10H,6-8H2,1-5H3,(H3,13,14). The Bertz CT molecular complexity index is 200. The molecule has 0 fully saturated rings. The van der Waals surface area contributed by atoms with Crippen molar-refractivity contribution in [3.8, 4) is 0 Å². The number of nitrogens with two attached hydrogens (primary N) is 1. The second-order valence-corrected chi connectivity index (χ2v) is 6.71. The second kappa shape index (κ2) is 6.41. The molecule has 0 aliphatic heterocycles. The summed E-state index contributed by atoms with van der Waals surface area (Å²) in [6, 6.07) is 0. The van der Waals surface area contributed by atoms with Crippen LogP contribution in [-0.4, -0.2) is 16.8 Å². The zero-order chi connectivity index (χ0) is 12.1. The fourth-order valence-corrected chi connectivity index (χ4v) is 2.18. The van der Waals surface area contributed by atoms with Crippen LogP contribution >= 0.6 is 11.8 Å². The van der Waals surface area contributed by atoms with Gasteiger partial charge in [0.1, 0.15) is 0 Å². The lowest BCUT2D eigenvalue weighted by molar-refractivity contribution is 0.464. The van der Waals surface area contributed by atoms with Crippen LogP contribution in [0.25, 0.3) is 0 Å². The first-order chi connectivity index (χ1) is 6.77. The molecule has 3 N–H and O–H groups in total. The van der Waals surface area contributed by atoms with Crippen LogP contribution in [0.15, 0.2) is 0 Å². The molecule has 0 aromatic carbocycles. The van der Waals surface area contributed by atoms with Crippen molar-refractivity contribution in [3.63, 3.8) is 0 Å². The van der Waals surface area contributed by atoms with Gasteiger partial charge >= 0.3 is 0 Å². The molecule has 0 aliphatic carbocycles. The van der Waals surface area contributed by atoms with E-state index >= 15 is 0 Å². The Hall–Kier alpha value is -0.180. The zero-order valence-electron chi connectivity index (χ0n) is 10.8. The Labute approximate surface area is 98.9 Å². The van der Waals surface area contributed by atoms with Crippen molar-refractivity contribution in [1.29, 1.82) is 5.41 Å². The van der Waals surface area contributed by atoms with E-state index in [1.54, 1.807) is 0 Å². The van der Waals surface area contributed by atoms with Gasteiger partial charge in [0.15, 0.2) is 0 Å². The minimum absolute atomic E-state index is 0.123. The molecule has 0 aliphatic rings. The number of rotatable bonds is 7. The summed E-state index contributed by atoms with van der Waals surface area (Å²) in [5, 5.41) is 8.18. The predicted molar refractivity (Wildman–Crippen MR) is 71.7 cm³/mol. The smallest absolute Gasteiger partial charge is 0.0963 e. The number of hydrogen-bond acceptors (Lipinski definition) is 2. The average Bonchev–Trinajstić information content (AvgIpc) is 2.11. The maximum atomic E-state index is 7.46. The minimum atomic E-state index is -0.123. The molecule has 0 aromatic heterocycles. The van der Waals surface area contributed by atoms with Gasteiger partial charge in [0.25, 0.3) is 0 Å². The van der Waals surface area contributed by atoms with Crippen LogP contribution in [-0.2, 0) is 0 Å². The van der Waals surface area contributed by atoms with Crippen molar-refractivity contribution in [2.45, 2.75) is 52.7 Å². The SMILES string of the molecule is CC(C)C(C)SCCCC(C)(C)C(=N)N. The molecule has 0 bridgehead atoms. The summed E-state index contributed by atoms with van der Waals surface area (Å²) in [5.74, 6) is 2.23. The number of amidine groups is 1. The van der Waals surface area contributed by atoms with Crippen molar-refractivity contribution in [2.24, 2.45) is 17.1 Å². The van der Waals surface area contributed by atoms with Crippen LogP contribution in [0.3, 0.4) is 0 Å². The van der Waals surface area contributed by atoms with Crippen molar-refractivity contribution in [3.05, 3.63) is 0 Å². The molecule has 0 spiro atoms. The summed E-state index contributed by atoms with van der Waals surface area (Å²) in [4.78, 5) is 0. The quantitative estimate of drug-likeness (QED) is 0.399. The van der Waals surface area contributed by atoms with E-state index in [0.717, 1.165) is 24.0 Å². The summed E-state index contributed by atoms with van der Waals surface area (Å²) < 4.78 is 0. The molecule has 0 aromatic rings. The third-order valence-corrected chi connectivity index (χ3v) is 4.59. The van der Waals surface area contributed by atoms with E-state index in [1.807, 2.05) is 25.6 Å². The molecule has 15 heavy (non-hydrogen) atoms. The minimum Gasteiger partial charge on any atom is -0.387 e. The Kier molecular flexibility index (Phi) is 6.34. The van der Waals surface area contributed by atoms with Gasteiger partial charge in [-0.1, -0.05) is 34.6 Å². The Morgan fingerprint density at radius 3 is 2.27 bits per heavy atom. The van der Waals surface area contributed by atoms with Gasteiger partial charge in [0.2, 0.25) is 0 Å². The van der Waals surface area contributed by atoms with Crippen LogP contribution in [0.2, 0.25) is 0 Å². The summed E-state index contributed by atoms with van der Waals surface area (Å²) in [7, 11) is 0. The predicted octanol–water partition coefficient (Wildman–Crippen LogP) is 3.51. The molecule has 0 radical (unpaired) electrons. The van der Waals surface area contributed by atoms with Crippen LogP contribution in [0.4, 0.5) is 0 Å². The molecule has 1 atom stereocenters. The second-order valence-electron chi connectivity index (χ2n) is 5.22. The van der Waals surface area contributed by atoms with Crippen LogP contribution in [0, 0.1) is 16.7 Å². The van der Waals surface area contributed by atoms with Crippen LogP contribution < -0.4 is 5.73 Å². The lowest BCUT2D eigenvalue weighted by Crippen LogP contribution is -2.30. The summed E-state index contributed by atoms with van der Waals surface area (Å²) in [6.07, 6.45) is 2.16. The van der Waals surface area contributed by atoms with Gasteiger partial charge in [-0.15, -0.1) is 0 Å². The molecule has 0 heterocycles. The molecule has 0 amide bonds. The fraction of sp³-hybridized carbons (Fsp3) is 0.917. The van der Waals surface area contributed by atoms with E-state index in [-0.39, 0.29) is 5.41 Å². The lowest BCUT2D eigenvalue weighted by atomic mass is 9.87. The Balaban J connectivity index is 3.68. The van der Waals surface area contributed by atoms with E-state index < -0.39 is 0 Å². The summed E-state index contributed by atoms with van der Waals surface area (Å²) >= 11 is 2.03. The highest BCUT2D eigenvalue weighted by molar-refractivity contribution is 7.99. The first kappa shape index (κ1) is 14.8. The van der Waals surface area contributed by atoms with Crippen molar-refractivity contribution in [2.75, 3.05) is 5.75 Å². The molecule has 2 nitrogen and oxygen atoms in total. The number of nitrogens with one attached hydrogen (secondary N) is 1. The first-order valence-electron chi connectivity index (χ1n) is 5.73. The summed E-state index contributed by atoms with van der Waals surface area (Å²) in [5.41, 5.74) is 5.41. The monoisotopic (exact) mass is 230 g/mol. The van der Waals surface area contributed by atoms with Gasteiger partial charge in [-0.25, -0.2) is 0 Å². The lowest BCUT2D eigenvalue weighted by Gasteiger charge is -2.23. The third kappa shape index (κ3) is 6.08. The average molecular weight is 230 g/mol. The summed E-state index contributed by atoms with van der Waals surface area (Å²) in [6.45, 7) is 10.9. The molecule has 0 saturated carbocycles. The topological polar surface area (TPSA) is 49.9 Å². The molecular formula is C12H26N2S. The van der Waals surface area contributed by atoms with Crippen molar-refractivity contribution >= 4 is 17.6 Å². The van der Waals surface area contributed by atoms with Gasteiger partial charge in [0, 0.05) is 10.7 Å². The van der Waals surface area contributed by atoms with Crippen LogP contribution in [0.5, 0.6) is 0 Å². The van der Waals surface area contributed by atoms with Crippen LogP contribution in [0.1, 0.15) is 47.5 Å². The molecule has 0 rings (SSSR count). The molecule has 3 heteroatoms. The van der Waals surface area contributed by atoms with E-state index in [9.17, 15) is 0 Å². The molecule has 90 valence electrons. The molecular weight excluding hydrogens is 204 g/mol. The van der Waals surface area contributed by atoms with Gasteiger partial charge in [-0.05, 0) is 24.5 Å². The Morgan fingerprint density at radius 1 is 1.33 bits per heavy atom. The largest absolute Gasteiger partial charge is 0.387 e. The highest BCUT2D eigenvalue weighted by Crippen LogP contribution is 2.25. The normalized spacial score (nSPS) is 14.3. The van der Waals surface area contributed by atoms with Gasteiger partial charge < -0.3 is 5.73 Å². The van der Waals surface area contributed by atoms with E-state index in [2.05, 4.69) is 20.8 Å².